The van der Waals surface area contributed by atoms with Gasteiger partial charge in [0.25, 0.3) is 10.9 Å². The van der Waals surface area contributed by atoms with Crippen molar-refractivity contribution in [1.29, 1.82) is 0 Å². The summed E-state index contributed by atoms with van der Waals surface area (Å²) >= 11 is 1.01. The molecule has 0 saturated carbocycles. The molecule has 1 fully saturated rings. The second-order valence-corrected chi connectivity index (χ2v) is 6.81. The summed E-state index contributed by atoms with van der Waals surface area (Å²) in [6.45, 7) is 0. The van der Waals surface area contributed by atoms with Gasteiger partial charge in [-0.25, -0.2) is 4.99 Å². The maximum atomic E-state index is 11.8. The van der Waals surface area contributed by atoms with Crippen molar-refractivity contribution in [3.8, 4) is 11.3 Å². The van der Waals surface area contributed by atoms with Gasteiger partial charge in [-0.05, 0) is 48.2 Å². The quantitative estimate of drug-likeness (QED) is 0.475. The van der Waals surface area contributed by atoms with Crippen LogP contribution in [0.25, 0.3) is 17.4 Å². The first kappa shape index (κ1) is 17.7. The molecule has 8 heteroatoms. The molecule has 1 saturated heterocycles. The van der Waals surface area contributed by atoms with Crippen molar-refractivity contribution in [3.05, 3.63) is 87.5 Å². The summed E-state index contributed by atoms with van der Waals surface area (Å²) in [5.74, 6) is 1.28. The number of nitro benzene ring substituents is 1. The van der Waals surface area contributed by atoms with Crippen LogP contribution in [0.4, 0.5) is 16.2 Å². The van der Waals surface area contributed by atoms with Crippen LogP contribution in [-0.4, -0.2) is 16.0 Å². The van der Waals surface area contributed by atoms with Crippen LogP contribution in [0.1, 0.15) is 5.76 Å². The summed E-state index contributed by atoms with van der Waals surface area (Å²) in [5.41, 5.74) is 1.07. The zero-order chi connectivity index (χ0) is 19.5. The summed E-state index contributed by atoms with van der Waals surface area (Å²) in [7, 11) is 0. The maximum Gasteiger partial charge on any atom is 0.289 e. The average Bonchev–Trinajstić information content (AvgIpc) is 3.29. The van der Waals surface area contributed by atoms with E-state index < -0.39 is 4.92 Å². The molecule has 3 aromatic rings. The van der Waals surface area contributed by atoms with E-state index in [1.54, 1.807) is 36.4 Å². The lowest BCUT2D eigenvalue weighted by Crippen LogP contribution is -2.18. The van der Waals surface area contributed by atoms with Gasteiger partial charge in [0.05, 0.1) is 21.1 Å². The van der Waals surface area contributed by atoms with Gasteiger partial charge in [0.2, 0.25) is 0 Å². The first-order valence-corrected chi connectivity index (χ1v) is 9.10. The topological polar surface area (TPSA) is 97.7 Å². The Morgan fingerprint density at radius 2 is 1.79 bits per heavy atom. The highest BCUT2D eigenvalue weighted by Crippen LogP contribution is 2.33. The Bertz CT molecular complexity index is 1120. The van der Waals surface area contributed by atoms with Gasteiger partial charge in [0.1, 0.15) is 17.4 Å². The molecule has 1 N–H and O–H groups in total. The predicted molar refractivity (Wildman–Crippen MR) is 108 cm³/mol. The minimum Gasteiger partial charge on any atom is -0.456 e. The first-order valence-electron chi connectivity index (χ1n) is 8.28. The number of rotatable bonds is 4. The molecule has 2 aromatic carbocycles. The number of thioether (sulfide) groups is 1. The highest BCUT2D eigenvalue weighted by molar-refractivity contribution is 8.18. The van der Waals surface area contributed by atoms with E-state index >= 15 is 0 Å². The number of nitro groups is 1. The minimum atomic E-state index is -0.448. The molecule has 4 rings (SSSR count). The normalized spacial score (nSPS) is 16.5. The molecule has 1 aliphatic heterocycles. The van der Waals surface area contributed by atoms with E-state index in [0.717, 1.165) is 11.8 Å². The van der Waals surface area contributed by atoms with Crippen molar-refractivity contribution in [3.63, 3.8) is 0 Å². The largest absolute Gasteiger partial charge is 0.456 e. The highest BCUT2D eigenvalue weighted by Gasteiger charge is 2.24. The Kier molecular flexibility index (Phi) is 4.77. The van der Waals surface area contributed by atoms with Crippen LogP contribution in [0.3, 0.4) is 0 Å². The molecule has 0 aliphatic carbocycles. The molecule has 2 heterocycles. The fraction of sp³-hybridized carbons (Fsp3) is 0. The third-order valence-corrected chi connectivity index (χ3v) is 4.74. The maximum absolute atomic E-state index is 11.8. The van der Waals surface area contributed by atoms with Gasteiger partial charge >= 0.3 is 0 Å². The number of hydrogen-bond donors (Lipinski definition) is 1. The molecule has 28 heavy (non-hydrogen) atoms. The SMILES string of the molecule is O=C1NC(=Nc2ccccc2)/C(=C/c2ccc(-c3ccccc3[N+](=O)[O-])o2)S1. The number of benzene rings is 2. The fourth-order valence-electron chi connectivity index (χ4n) is 2.69. The molecule has 0 bridgehead atoms. The summed E-state index contributed by atoms with van der Waals surface area (Å²) in [6.07, 6.45) is 1.68. The summed E-state index contributed by atoms with van der Waals surface area (Å²) < 4.78 is 5.77. The van der Waals surface area contributed by atoms with Gasteiger partial charge in [0, 0.05) is 6.07 Å². The minimum absolute atomic E-state index is 0.0329. The Morgan fingerprint density at radius 1 is 1.04 bits per heavy atom. The summed E-state index contributed by atoms with van der Waals surface area (Å²) in [4.78, 5) is 27.6. The predicted octanol–water partition coefficient (Wildman–Crippen LogP) is 5.38. The Labute approximate surface area is 163 Å². The number of carbonyl (C=O) groups is 1. The highest BCUT2D eigenvalue weighted by atomic mass is 32.2. The Morgan fingerprint density at radius 3 is 2.57 bits per heavy atom. The number of aliphatic imine (C=N–C) groups is 1. The van der Waals surface area contributed by atoms with E-state index in [9.17, 15) is 14.9 Å². The fourth-order valence-corrected chi connectivity index (χ4v) is 3.41. The average molecular weight is 391 g/mol. The molecule has 7 nitrogen and oxygen atoms in total. The summed E-state index contributed by atoms with van der Waals surface area (Å²) in [6, 6.07) is 19.0. The van der Waals surface area contributed by atoms with Crippen molar-refractivity contribution < 1.29 is 14.1 Å². The van der Waals surface area contributed by atoms with Crippen LogP contribution in [0, 0.1) is 10.1 Å². The number of para-hydroxylation sites is 2. The van der Waals surface area contributed by atoms with E-state index in [1.807, 2.05) is 30.3 Å². The van der Waals surface area contributed by atoms with Crippen LogP contribution >= 0.6 is 11.8 Å². The van der Waals surface area contributed by atoms with Crippen molar-refractivity contribution in [2.75, 3.05) is 0 Å². The molecule has 1 aliphatic rings. The monoisotopic (exact) mass is 391 g/mol. The van der Waals surface area contributed by atoms with E-state index in [4.69, 9.17) is 4.42 Å². The van der Waals surface area contributed by atoms with Crippen molar-refractivity contribution in [2.45, 2.75) is 0 Å². The van der Waals surface area contributed by atoms with Crippen molar-refractivity contribution >= 4 is 40.3 Å². The van der Waals surface area contributed by atoms with Crippen LogP contribution in [0.5, 0.6) is 0 Å². The van der Waals surface area contributed by atoms with Crippen LogP contribution < -0.4 is 5.32 Å². The lowest BCUT2D eigenvalue weighted by Gasteiger charge is -2.00. The zero-order valence-corrected chi connectivity index (χ0v) is 15.2. The van der Waals surface area contributed by atoms with E-state index in [0.29, 0.717) is 33.5 Å². The van der Waals surface area contributed by atoms with Gasteiger partial charge < -0.3 is 9.73 Å². The number of carbonyl (C=O) groups excluding carboxylic acids is 1. The van der Waals surface area contributed by atoms with Gasteiger partial charge in [-0.3, -0.25) is 14.9 Å². The van der Waals surface area contributed by atoms with Crippen molar-refractivity contribution in [1.82, 2.24) is 5.32 Å². The Hall–Kier alpha value is -3.65. The molecule has 0 unspecified atom stereocenters. The summed E-state index contributed by atoms with van der Waals surface area (Å²) in [5, 5.41) is 13.7. The zero-order valence-electron chi connectivity index (χ0n) is 14.4. The van der Waals surface area contributed by atoms with Gasteiger partial charge in [0.15, 0.2) is 0 Å². The van der Waals surface area contributed by atoms with Crippen LogP contribution in [0.2, 0.25) is 0 Å². The van der Waals surface area contributed by atoms with Gasteiger partial charge in [-0.2, -0.15) is 0 Å². The molecule has 1 amide bonds. The number of nitrogens with one attached hydrogen (secondary N) is 1. The van der Waals surface area contributed by atoms with Gasteiger partial charge in [-0.1, -0.05) is 30.3 Å². The standard InChI is InChI=1S/C20H13N3O4S/c24-20-22-19(21-13-6-2-1-3-7-13)18(28-20)12-14-10-11-17(27-14)15-8-4-5-9-16(15)23(25)26/h1-12H,(H,21,22,24)/b18-12-. The van der Waals surface area contributed by atoms with Crippen LogP contribution in [0.15, 0.2) is 81.0 Å². The van der Waals surface area contributed by atoms with Crippen molar-refractivity contribution in [2.24, 2.45) is 4.99 Å². The lowest BCUT2D eigenvalue weighted by atomic mass is 10.1. The molecular weight excluding hydrogens is 378 g/mol. The first-order chi connectivity index (χ1) is 13.6. The number of furan rings is 1. The second-order valence-electron chi connectivity index (χ2n) is 5.80. The smallest absolute Gasteiger partial charge is 0.289 e. The van der Waals surface area contributed by atoms with Crippen LogP contribution in [-0.2, 0) is 0 Å². The van der Waals surface area contributed by atoms with E-state index in [1.165, 1.54) is 6.07 Å². The molecule has 0 spiro atoms. The van der Waals surface area contributed by atoms with Gasteiger partial charge in [-0.15, -0.1) is 0 Å². The lowest BCUT2D eigenvalue weighted by molar-refractivity contribution is -0.384. The molecule has 1 aromatic heterocycles. The number of hydrogen-bond acceptors (Lipinski definition) is 6. The Balaban J connectivity index is 1.67. The molecule has 0 atom stereocenters. The van der Waals surface area contributed by atoms with E-state index in [2.05, 4.69) is 10.3 Å². The molecule has 138 valence electrons. The number of nitrogens with zero attached hydrogens (tertiary/aromatic N) is 2. The molecule has 0 radical (unpaired) electrons. The third-order valence-electron chi connectivity index (χ3n) is 3.92. The van der Waals surface area contributed by atoms with E-state index in [-0.39, 0.29) is 10.9 Å². The number of amides is 1. The third kappa shape index (κ3) is 3.72. The molecular formula is C20H13N3O4S. The second kappa shape index (κ2) is 7.53. The number of amidine groups is 1.